The third-order valence-corrected chi connectivity index (χ3v) is 5.19. The van der Waals surface area contributed by atoms with Crippen molar-refractivity contribution in [3.8, 4) is 0 Å². The molecule has 0 spiro atoms. The number of aliphatic hydroxyl groups is 1. The summed E-state index contributed by atoms with van der Waals surface area (Å²) in [6.07, 6.45) is 1.66. The molecule has 0 radical (unpaired) electrons. The lowest BCUT2D eigenvalue weighted by Gasteiger charge is -2.11. The largest absolute Gasteiger partial charge is 0.394 e. The molecule has 2 heterocycles. The third kappa shape index (κ3) is 2.30. The number of nitrogens with two attached hydrogens (primary N) is 1. The van der Waals surface area contributed by atoms with Crippen molar-refractivity contribution in [3.05, 3.63) is 22.7 Å². The maximum atomic E-state index is 11.5. The van der Waals surface area contributed by atoms with Gasteiger partial charge in [-0.3, -0.25) is 4.57 Å². The van der Waals surface area contributed by atoms with Crippen LogP contribution in [0.25, 0.3) is 0 Å². The molecule has 0 saturated carbocycles. The number of aliphatic hydroxyl groups excluding tert-OH is 1. The van der Waals surface area contributed by atoms with Crippen molar-refractivity contribution in [1.82, 2.24) is 9.55 Å². The number of rotatable bonds is 2. The Balaban J connectivity index is 2.20. The summed E-state index contributed by atoms with van der Waals surface area (Å²) in [4.78, 5) is 15.2. The van der Waals surface area contributed by atoms with Gasteiger partial charge in [0.05, 0.1) is 16.6 Å². The van der Waals surface area contributed by atoms with Gasteiger partial charge in [0, 0.05) is 11.9 Å². The minimum atomic E-state index is -0.327. The Kier molecular flexibility index (Phi) is 3.22. The summed E-state index contributed by atoms with van der Waals surface area (Å²) in [7, 11) is 0. The first-order chi connectivity index (χ1) is 7.20. The molecule has 2 rings (SSSR count). The van der Waals surface area contributed by atoms with Gasteiger partial charge in [-0.25, -0.2) is 4.79 Å². The summed E-state index contributed by atoms with van der Waals surface area (Å²) in [5.74, 6) is 1.05. The quantitative estimate of drug-likeness (QED) is 0.770. The second-order valence-corrected chi connectivity index (χ2v) is 6.00. The summed E-state index contributed by atoms with van der Waals surface area (Å²) in [6.45, 7) is 0.128. The van der Waals surface area contributed by atoms with E-state index < -0.39 is 0 Å². The van der Waals surface area contributed by atoms with Crippen molar-refractivity contribution in [2.24, 2.45) is 0 Å². The van der Waals surface area contributed by atoms with Gasteiger partial charge in [0.1, 0.15) is 5.82 Å². The Hall–Kier alpha value is -0.660. The van der Waals surface area contributed by atoms with Gasteiger partial charge >= 0.3 is 5.69 Å². The molecule has 1 saturated heterocycles. The van der Waals surface area contributed by atoms with Gasteiger partial charge in [-0.15, -0.1) is 23.5 Å². The Labute approximate surface area is 95.1 Å². The molecule has 1 aromatic rings. The molecule has 15 heavy (non-hydrogen) atoms. The van der Waals surface area contributed by atoms with Gasteiger partial charge in [-0.1, -0.05) is 0 Å². The first-order valence-corrected chi connectivity index (χ1v) is 6.42. The van der Waals surface area contributed by atoms with E-state index >= 15 is 0 Å². The molecule has 1 aliphatic heterocycles. The second-order valence-electron chi connectivity index (χ2n) is 3.08. The zero-order valence-electron chi connectivity index (χ0n) is 7.87. The summed E-state index contributed by atoms with van der Waals surface area (Å²) in [5, 5.41) is 9.03. The fourth-order valence-corrected chi connectivity index (χ4v) is 4.19. The van der Waals surface area contributed by atoms with E-state index in [0.717, 1.165) is 5.75 Å². The highest BCUT2D eigenvalue weighted by molar-refractivity contribution is 8.20. The predicted octanol–water partition coefficient (Wildman–Crippen LogP) is 0.122. The van der Waals surface area contributed by atoms with E-state index in [1.54, 1.807) is 40.4 Å². The maximum Gasteiger partial charge on any atom is 0.350 e. The smallest absolute Gasteiger partial charge is 0.350 e. The molecule has 0 amide bonds. The van der Waals surface area contributed by atoms with Crippen LogP contribution in [-0.2, 0) is 0 Å². The number of hydrogen-bond donors (Lipinski definition) is 2. The van der Waals surface area contributed by atoms with Crippen LogP contribution in [0.3, 0.4) is 0 Å². The van der Waals surface area contributed by atoms with Crippen LogP contribution >= 0.6 is 23.5 Å². The highest BCUT2D eigenvalue weighted by atomic mass is 32.2. The van der Waals surface area contributed by atoms with Gasteiger partial charge < -0.3 is 10.8 Å². The molecule has 5 nitrogen and oxygen atoms in total. The number of aromatic nitrogens is 2. The Morgan fingerprint density at radius 3 is 3.13 bits per heavy atom. The minimum Gasteiger partial charge on any atom is -0.394 e. The Morgan fingerprint density at radius 1 is 1.73 bits per heavy atom. The predicted molar refractivity (Wildman–Crippen MR) is 62.9 cm³/mol. The van der Waals surface area contributed by atoms with Crippen LogP contribution in [0.2, 0.25) is 0 Å². The standard InChI is InChI=1S/C8H11N3O2S2/c9-5-1-2-11(8(13)10-5)6-4-14-7(3-12)15-6/h1-2,6-7,12H,3-4H2,(H2,9,10,13). The van der Waals surface area contributed by atoms with E-state index in [9.17, 15) is 4.79 Å². The molecule has 0 aromatic carbocycles. The number of anilines is 1. The van der Waals surface area contributed by atoms with Crippen LogP contribution in [0, 0.1) is 0 Å². The summed E-state index contributed by atoms with van der Waals surface area (Å²) in [6, 6.07) is 1.61. The molecule has 1 aliphatic rings. The van der Waals surface area contributed by atoms with E-state index in [2.05, 4.69) is 4.98 Å². The second kappa shape index (κ2) is 4.46. The van der Waals surface area contributed by atoms with E-state index in [-0.39, 0.29) is 28.1 Å². The summed E-state index contributed by atoms with van der Waals surface area (Å²) >= 11 is 3.23. The molecular weight excluding hydrogens is 234 g/mol. The lowest BCUT2D eigenvalue weighted by molar-refractivity contribution is 0.316. The van der Waals surface area contributed by atoms with Crippen molar-refractivity contribution in [2.75, 3.05) is 18.1 Å². The van der Waals surface area contributed by atoms with Crippen molar-refractivity contribution in [3.63, 3.8) is 0 Å². The number of nitrogens with zero attached hydrogens (tertiary/aromatic N) is 2. The zero-order chi connectivity index (χ0) is 10.8. The lowest BCUT2D eigenvalue weighted by Crippen LogP contribution is -2.25. The van der Waals surface area contributed by atoms with Crippen LogP contribution in [0.5, 0.6) is 0 Å². The molecule has 1 aromatic heterocycles. The van der Waals surface area contributed by atoms with Crippen LogP contribution < -0.4 is 11.4 Å². The molecular formula is C8H11N3O2S2. The molecule has 2 unspecified atom stereocenters. The number of hydrogen-bond acceptors (Lipinski definition) is 6. The van der Waals surface area contributed by atoms with Crippen LogP contribution in [0.1, 0.15) is 5.37 Å². The highest BCUT2D eigenvalue weighted by Gasteiger charge is 2.27. The minimum absolute atomic E-state index is 0.0488. The summed E-state index contributed by atoms with van der Waals surface area (Å²) in [5.41, 5.74) is 5.08. The van der Waals surface area contributed by atoms with Crippen molar-refractivity contribution in [1.29, 1.82) is 0 Å². The van der Waals surface area contributed by atoms with E-state index in [1.807, 2.05) is 0 Å². The number of thioether (sulfide) groups is 2. The zero-order valence-corrected chi connectivity index (χ0v) is 9.50. The molecule has 0 bridgehead atoms. The molecule has 3 N–H and O–H groups in total. The van der Waals surface area contributed by atoms with Gasteiger partial charge in [0.2, 0.25) is 0 Å². The molecule has 7 heteroatoms. The van der Waals surface area contributed by atoms with E-state index in [1.165, 1.54) is 0 Å². The lowest BCUT2D eigenvalue weighted by atomic mass is 10.5. The molecule has 0 aliphatic carbocycles. The van der Waals surface area contributed by atoms with Crippen LogP contribution in [0.4, 0.5) is 5.82 Å². The maximum absolute atomic E-state index is 11.5. The van der Waals surface area contributed by atoms with Gasteiger partial charge in [-0.05, 0) is 6.07 Å². The fraction of sp³-hybridized carbons (Fsp3) is 0.500. The summed E-state index contributed by atoms with van der Waals surface area (Å²) < 4.78 is 1.71. The SMILES string of the molecule is Nc1ccn(C2CSC(CO)S2)c(=O)n1. The Bertz CT molecular complexity index is 409. The normalized spacial score (nSPS) is 25.7. The molecule has 82 valence electrons. The average molecular weight is 245 g/mol. The fourth-order valence-electron chi connectivity index (χ4n) is 1.33. The van der Waals surface area contributed by atoms with Crippen molar-refractivity contribution >= 4 is 29.3 Å². The van der Waals surface area contributed by atoms with Crippen LogP contribution in [0.15, 0.2) is 17.1 Å². The van der Waals surface area contributed by atoms with Crippen molar-refractivity contribution in [2.45, 2.75) is 9.96 Å². The topological polar surface area (TPSA) is 81.1 Å². The Morgan fingerprint density at radius 2 is 2.53 bits per heavy atom. The highest BCUT2D eigenvalue weighted by Crippen LogP contribution is 2.43. The molecule has 1 fully saturated rings. The number of nitrogen functional groups attached to an aromatic ring is 1. The van der Waals surface area contributed by atoms with Gasteiger partial charge in [-0.2, -0.15) is 4.98 Å². The monoisotopic (exact) mass is 245 g/mol. The third-order valence-electron chi connectivity index (χ3n) is 2.04. The first kappa shape index (κ1) is 10.8. The van der Waals surface area contributed by atoms with Gasteiger partial charge in [0.25, 0.3) is 0 Å². The molecule has 2 atom stereocenters. The average Bonchev–Trinajstić information content (AvgIpc) is 2.66. The van der Waals surface area contributed by atoms with Crippen molar-refractivity contribution < 1.29 is 5.11 Å². The van der Waals surface area contributed by atoms with Crippen LogP contribution in [-0.4, -0.2) is 31.6 Å². The first-order valence-electron chi connectivity index (χ1n) is 4.43. The van der Waals surface area contributed by atoms with E-state index in [0.29, 0.717) is 0 Å². The van der Waals surface area contributed by atoms with E-state index in [4.69, 9.17) is 10.8 Å². The van der Waals surface area contributed by atoms with Gasteiger partial charge in [0.15, 0.2) is 0 Å².